The molecular formula is C21H20N2O3S. The number of amides is 1. The Balaban J connectivity index is 1.52. The van der Waals surface area contributed by atoms with Crippen molar-refractivity contribution in [1.82, 2.24) is 4.98 Å². The molecule has 138 valence electrons. The van der Waals surface area contributed by atoms with Gasteiger partial charge in [0.1, 0.15) is 11.6 Å². The molecule has 6 heteroatoms. The fourth-order valence-corrected chi connectivity index (χ4v) is 3.27. The molecule has 3 rings (SSSR count). The first kappa shape index (κ1) is 18.8. The van der Waals surface area contributed by atoms with Crippen molar-refractivity contribution in [3.8, 4) is 0 Å². The molecule has 1 amide bonds. The second-order valence-corrected chi connectivity index (χ2v) is 7.16. The molecule has 2 aromatic carbocycles. The molecule has 0 spiro atoms. The van der Waals surface area contributed by atoms with Crippen LogP contribution in [0.15, 0.2) is 53.9 Å². The molecule has 0 saturated carbocycles. The third-order valence-corrected chi connectivity index (χ3v) is 4.86. The van der Waals surface area contributed by atoms with E-state index in [0.29, 0.717) is 16.3 Å². The number of anilines is 1. The summed E-state index contributed by atoms with van der Waals surface area (Å²) >= 11 is 1.38. The Kier molecular flexibility index (Phi) is 5.98. The van der Waals surface area contributed by atoms with Crippen LogP contribution in [0.1, 0.15) is 32.2 Å². The molecule has 1 N–H and O–H groups in total. The number of nitrogens with one attached hydrogen (secondary N) is 1. The first-order chi connectivity index (χ1) is 13.0. The third kappa shape index (κ3) is 5.24. The Morgan fingerprint density at radius 3 is 2.56 bits per heavy atom. The highest BCUT2D eigenvalue weighted by molar-refractivity contribution is 7.09. The van der Waals surface area contributed by atoms with Crippen LogP contribution in [0, 0.1) is 13.8 Å². The maximum atomic E-state index is 12.1. The first-order valence-corrected chi connectivity index (χ1v) is 9.42. The number of aryl methyl sites for hydroxylation is 2. The zero-order chi connectivity index (χ0) is 19.2. The van der Waals surface area contributed by atoms with Crippen LogP contribution < -0.4 is 5.32 Å². The number of benzene rings is 2. The van der Waals surface area contributed by atoms with E-state index >= 15 is 0 Å². The van der Waals surface area contributed by atoms with Gasteiger partial charge in [-0.3, -0.25) is 4.79 Å². The summed E-state index contributed by atoms with van der Waals surface area (Å²) in [7, 11) is 0. The van der Waals surface area contributed by atoms with Gasteiger partial charge >= 0.3 is 5.97 Å². The number of hydrogen-bond donors (Lipinski definition) is 1. The van der Waals surface area contributed by atoms with Crippen molar-refractivity contribution in [2.24, 2.45) is 0 Å². The first-order valence-electron chi connectivity index (χ1n) is 8.54. The molecule has 1 aromatic heterocycles. The summed E-state index contributed by atoms with van der Waals surface area (Å²) in [5, 5.41) is 5.33. The fourth-order valence-electron chi connectivity index (χ4n) is 2.50. The average molecular weight is 380 g/mol. The SMILES string of the molecule is Cc1ccc(NC(=O)Cc2nc(COC(=O)c3ccccc3C)cs2)cc1. The summed E-state index contributed by atoms with van der Waals surface area (Å²) < 4.78 is 5.32. The van der Waals surface area contributed by atoms with Crippen LogP contribution >= 0.6 is 11.3 Å². The van der Waals surface area contributed by atoms with Gasteiger partial charge in [-0.15, -0.1) is 11.3 Å². The zero-order valence-electron chi connectivity index (χ0n) is 15.2. The summed E-state index contributed by atoms with van der Waals surface area (Å²) in [5.41, 5.74) is 3.95. The van der Waals surface area contributed by atoms with E-state index in [-0.39, 0.29) is 24.9 Å². The molecule has 1 heterocycles. The Bertz CT molecular complexity index is 948. The number of hydrogen-bond acceptors (Lipinski definition) is 5. The number of carbonyl (C=O) groups is 2. The molecule has 0 unspecified atom stereocenters. The lowest BCUT2D eigenvalue weighted by Crippen LogP contribution is -2.14. The molecule has 0 aliphatic rings. The van der Waals surface area contributed by atoms with Gasteiger partial charge in [-0.1, -0.05) is 35.9 Å². The highest BCUT2D eigenvalue weighted by atomic mass is 32.1. The molecule has 0 aliphatic heterocycles. The smallest absolute Gasteiger partial charge is 0.338 e. The van der Waals surface area contributed by atoms with E-state index in [9.17, 15) is 9.59 Å². The lowest BCUT2D eigenvalue weighted by atomic mass is 10.1. The summed E-state index contributed by atoms with van der Waals surface area (Å²) in [5.74, 6) is -0.503. The standard InChI is InChI=1S/C21H20N2O3S/c1-14-7-9-16(10-8-14)22-19(24)11-20-23-17(13-27-20)12-26-21(25)18-6-4-3-5-15(18)2/h3-10,13H,11-12H2,1-2H3,(H,22,24). The number of rotatable bonds is 6. The lowest BCUT2D eigenvalue weighted by molar-refractivity contribution is -0.115. The van der Waals surface area contributed by atoms with Gasteiger partial charge in [0, 0.05) is 11.1 Å². The topological polar surface area (TPSA) is 68.3 Å². The second-order valence-electron chi connectivity index (χ2n) is 6.21. The van der Waals surface area contributed by atoms with Gasteiger partial charge in [-0.25, -0.2) is 9.78 Å². The Morgan fingerprint density at radius 2 is 1.81 bits per heavy atom. The predicted molar refractivity (Wildman–Crippen MR) is 106 cm³/mol. The number of carbonyl (C=O) groups excluding carboxylic acids is 2. The minimum absolute atomic E-state index is 0.0866. The van der Waals surface area contributed by atoms with E-state index in [2.05, 4.69) is 10.3 Å². The Hall–Kier alpha value is -2.99. The quantitative estimate of drug-likeness (QED) is 0.648. The van der Waals surface area contributed by atoms with Crippen LogP contribution in [0.5, 0.6) is 0 Å². The van der Waals surface area contributed by atoms with E-state index in [1.807, 2.05) is 50.2 Å². The highest BCUT2D eigenvalue weighted by Crippen LogP contribution is 2.15. The van der Waals surface area contributed by atoms with Crippen LogP contribution in [-0.4, -0.2) is 16.9 Å². The number of thiazole rings is 1. The van der Waals surface area contributed by atoms with Gasteiger partial charge in [0.05, 0.1) is 17.7 Å². The number of ether oxygens (including phenoxy) is 1. The molecule has 5 nitrogen and oxygen atoms in total. The highest BCUT2D eigenvalue weighted by Gasteiger charge is 2.12. The van der Waals surface area contributed by atoms with Crippen molar-refractivity contribution in [2.75, 3.05) is 5.32 Å². The summed E-state index contributed by atoms with van der Waals surface area (Å²) in [6.07, 6.45) is 0.185. The molecule has 0 atom stereocenters. The number of esters is 1. The predicted octanol–water partition coefficient (Wildman–Crippen LogP) is 4.30. The van der Waals surface area contributed by atoms with Crippen LogP contribution in [0.2, 0.25) is 0 Å². The Morgan fingerprint density at radius 1 is 1.07 bits per heavy atom. The van der Waals surface area contributed by atoms with Crippen LogP contribution in [-0.2, 0) is 22.6 Å². The van der Waals surface area contributed by atoms with Crippen molar-refractivity contribution in [1.29, 1.82) is 0 Å². The lowest BCUT2D eigenvalue weighted by Gasteiger charge is -2.05. The molecular weight excluding hydrogens is 360 g/mol. The molecule has 0 fully saturated rings. The van der Waals surface area contributed by atoms with E-state index in [4.69, 9.17) is 4.74 Å². The molecule has 0 saturated heterocycles. The third-order valence-electron chi connectivity index (χ3n) is 3.96. The Labute approximate surface area is 162 Å². The van der Waals surface area contributed by atoms with Crippen molar-refractivity contribution < 1.29 is 14.3 Å². The molecule has 3 aromatic rings. The van der Waals surface area contributed by atoms with Gasteiger partial charge in [0.15, 0.2) is 0 Å². The maximum Gasteiger partial charge on any atom is 0.338 e. The zero-order valence-corrected chi connectivity index (χ0v) is 16.0. The molecule has 0 radical (unpaired) electrons. The van der Waals surface area contributed by atoms with Gasteiger partial charge in [0.25, 0.3) is 0 Å². The van der Waals surface area contributed by atoms with Crippen molar-refractivity contribution in [3.05, 3.63) is 81.3 Å². The van der Waals surface area contributed by atoms with Gasteiger partial charge < -0.3 is 10.1 Å². The molecule has 0 bridgehead atoms. The second kappa shape index (κ2) is 8.60. The van der Waals surface area contributed by atoms with Crippen molar-refractivity contribution in [3.63, 3.8) is 0 Å². The monoisotopic (exact) mass is 380 g/mol. The summed E-state index contributed by atoms with van der Waals surface area (Å²) in [6, 6.07) is 14.9. The van der Waals surface area contributed by atoms with E-state index in [1.165, 1.54) is 11.3 Å². The summed E-state index contributed by atoms with van der Waals surface area (Å²) in [6.45, 7) is 3.95. The van der Waals surface area contributed by atoms with Crippen molar-refractivity contribution in [2.45, 2.75) is 26.9 Å². The number of aromatic nitrogens is 1. The van der Waals surface area contributed by atoms with Gasteiger partial charge in [-0.05, 0) is 37.6 Å². The van der Waals surface area contributed by atoms with Crippen LogP contribution in [0.4, 0.5) is 5.69 Å². The van der Waals surface area contributed by atoms with Crippen LogP contribution in [0.25, 0.3) is 0 Å². The largest absolute Gasteiger partial charge is 0.456 e. The molecule has 0 aliphatic carbocycles. The minimum atomic E-state index is -0.375. The van der Waals surface area contributed by atoms with Crippen LogP contribution in [0.3, 0.4) is 0 Å². The summed E-state index contributed by atoms with van der Waals surface area (Å²) in [4.78, 5) is 28.6. The van der Waals surface area contributed by atoms with Crippen molar-refractivity contribution >= 4 is 28.9 Å². The van der Waals surface area contributed by atoms with E-state index < -0.39 is 0 Å². The number of nitrogens with zero attached hydrogens (tertiary/aromatic N) is 1. The normalized spacial score (nSPS) is 10.4. The van der Waals surface area contributed by atoms with Gasteiger partial charge in [-0.2, -0.15) is 0 Å². The maximum absolute atomic E-state index is 12.1. The van der Waals surface area contributed by atoms with Gasteiger partial charge in [0.2, 0.25) is 5.91 Å². The average Bonchev–Trinajstić information content (AvgIpc) is 3.09. The fraction of sp³-hybridized carbons (Fsp3) is 0.190. The minimum Gasteiger partial charge on any atom is -0.456 e. The van der Waals surface area contributed by atoms with E-state index in [0.717, 1.165) is 16.8 Å². The van der Waals surface area contributed by atoms with E-state index in [1.54, 1.807) is 17.5 Å². The molecule has 27 heavy (non-hydrogen) atoms.